The van der Waals surface area contributed by atoms with Crippen molar-refractivity contribution >= 4 is 28.7 Å². The van der Waals surface area contributed by atoms with Crippen LogP contribution in [0.3, 0.4) is 0 Å². The topological polar surface area (TPSA) is 18.8 Å². The zero-order valence-corrected chi connectivity index (χ0v) is 22.4. The Bertz CT molecular complexity index is 1060. The highest BCUT2D eigenvalue weighted by atomic mass is 32.1. The van der Waals surface area contributed by atoms with Crippen molar-refractivity contribution in [3.63, 3.8) is 0 Å². The molecule has 3 nitrogen and oxygen atoms in total. The lowest BCUT2D eigenvalue weighted by Crippen LogP contribution is -2.53. The summed E-state index contributed by atoms with van der Waals surface area (Å²) < 4.78 is 41.4. The molecule has 1 atom stereocenters. The predicted octanol–water partition coefficient (Wildman–Crippen LogP) is 7.64. The average Bonchev–Trinajstić information content (AvgIpc) is 3.44. The van der Waals surface area contributed by atoms with Crippen molar-refractivity contribution in [2.45, 2.75) is 101 Å². The second kappa shape index (κ2) is 8.77. The molecule has 0 amide bonds. The van der Waals surface area contributed by atoms with Gasteiger partial charge in [0.25, 0.3) is 0 Å². The lowest BCUT2D eigenvalue weighted by atomic mass is 9.53. The second-order valence-corrected chi connectivity index (χ2v) is 13.5. The highest BCUT2D eigenvalue weighted by Crippen LogP contribution is 2.58. The number of amidine groups is 1. The number of nitrogens with zero attached hydrogens (tertiary/aromatic N) is 3. The van der Waals surface area contributed by atoms with Crippen LogP contribution < -0.4 is 4.90 Å². The molecular weight excluding hydrogens is 491 g/mol. The van der Waals surface area contributed by atoms with E-state index in [-0.39, 0.29) is 17.0 Å². The highest BCUT2D eigenvalue weighted by molar-refractivity contribution is 7.80. The molecule has 7 aliphatic rings. The first-order valence-electron chi connectivity index (χ1n) is 14.6. The maximum atomic E-state index is 13.8. The third-order valence-electron chi connectivity index (χ3n) is 10.7. The molecule has 0 N–H and O–H groups in total. The van der Waals surface area contributed by atoms with Crippen LogP contribution in [-0.2, 0) is 6.18 Å². The molecule has 5 aliphatic carbocycles. The van der Waals surface area contributed by atoms with E-state index in [1.807, 2.05) is 11.0 Å². The van der Waals surface area contributed by atoms with E-state index < -0.39 is 11.7 Å². The van der Waals surface area contributed by atoms with Gasteiger partial charge in [0.1, 0.15) is 5.84 Å². The SMILES string of the molecule is FC(F)(F)c1cccc(N2C(=S)C3(CCCCC3)[C@H](N3CCCC3)C2=NC23CC4CC(CC(C4)C2)C3)c1. The number of thiocarbonyl (C=S) groups is 1. The number of halogens is 3. The number of alkyl halides is 3. The van der Waals surface area contributed by atoms with Crippen LogP contribution in [-0.4, -0.2) is 40.4 Å². The van der Waals surface area contributed by atoms with Gasteiger partial charge in [-0.3, -0.25) is 14.8 Å². The fourth-order valence-corrected chi connectivity index (χ4v) is 10.1. The molecule has 8 rings (SSSR count). The van der Waals surface area contributed by atoms with Gasteiger partial charge in [0.05, 0.1) is 22.1 Å². The van der Waals surface area contributed by atoms with Gasteiger partial charge in [0, 0.05) is 11.1 Å². The van der Waals surface area contributed by atoms with Crippen molar-refractivity contribution < 1.29 is 13.2 Å². The van der Waals surface area contributed by atoms with Gasteiger partial charge in [-0.15, -0.1) is 0 Å². The largest absolute Gasteiger partial charge is 0.416 e. The molecule has 7 fully saturated rings. The first-order chi connectivity index (χ1) is 17.8. The van der Waals surface area contributed by atoms with Gasteiger partial charge in [0.2, 0.25) is 0 Å². The first-order valence-corrected chi connectivity index (χ1v) is 15.0. The molecule has 1 aromatic rings. The fraction of sp³-hybridized carbons (Fsp3) is 0.733. The predicted molar refractivity (Wildman–Crippen MR) is 145 cm³/mol. The summed E-state index contributed by atoms with van der Waals surface area (Å²) in [7, 11) is 0. The molecule has 2 aliphatic heterocycles. The number of anilines is 1. The minimum absolute atomic E-state index is 0.0578. The summed E-state index contributed by atoms with van der Waals surface area (Å²) in [5.41, 5.74) is -0.315. The standard InChI is InChI=1S/C30H38F3N3S/c31-30(32,33)23-7-6-8-24(16-23)36-26(34-28-17-20-13-21(18-28)15-22(14-20)19-28)25(35-11-4-5-12-35)29(27(36)37)9-2-1-3-10-29/h6-8,16,20-22,25H,1-5,9-15,17-19H2/t20?,21?,22?,25-,28?/m1/s1. The molecule has 0 aromatic heterocycles. The molecule has 0 radical (unpaired) electrons. The molecule has 7 heteroatoms. The Labute approximate surface area is 223 Å². The van der Waals surface area contributed by atoms with Crippen molar-refractivity contribution in [2.75, 3.05) is 18.0 Å². The molecule has 37 heavy (non-hydrogen) atoms. The van der Waals surface area contributed by atoms with Gasteiger partial charge >= 0.3 is 6.18 Å². The Hall–Kier alpha value is -1.47. The first kappa shape index (κ1) is 24.6. The van der Waals surface area contributed by atoms with E-state index in [9.17, 15) is 13.2 Å². The Kier molecular flexibility index (Phi) is 5.82. The molecule has 2 heterocycles. The zero-order chi connectivity index (χ0) is 25.4. The van der Waals surface area contributed by atoms with E-state index in [4.69, 9.17) is 17.2 Å². The van der Waals surface area contributed by atoms with Crippen molar-refractivity contribution in [3.8, 4) is 0 Å². The van der Waals surface area contributed by atoms with Gasteiger partial charge < -0.3 is 0 Å². The molecule has 2 saturated heterocycles. The lowest BCUT2D eigenvalue weighted by Gasteiger charge is -2.55. The quantitative estimate of drug-likeness (QED) is 0.375. The third kappa shape index (κ3) is 4.00. The van der Waals surface area contributed by atoms with Gasteiger partial charge in [-0.1, -0.05) is 37.5 Å². The van der Waals surface area contributed by atoms with E-state index in [1.54, 1.807) is 6.07 Å². The number of likely N-dealkylation sites (tertiary alicyclic amines) is 1. The number of rotatable bonds is 3. The van der Waals surface area contributed by atoms with Gasteiger partial charge in [-0.05, 0) is 113 Å². The zero-order valence-electron chi connectivity index (χ0n) is 21.6. The average molecular weight is 530 g/mol. The van der Waals surface area contributed by atoms with Crippen LogP contribution in [0, 0.1) is 23.2 Å². The molecule has 200 valence electrons. The number of benzene rings is 1. The molecule has 4 bridgehead atoms. The van der Waals surface area contributed by atoms with Crippen LogP contribution in [0.2, 0.25) is 0 Å². The van der Waals surface area contributed by atoms with Crippen LogP contribution >= 0.6 is 12.2 Å². The second-order valence-electron chi connectivity index (χ2n) is 13.2. The van der Waals surface area contributed by atoms with E-state index in [0.717, 1.165) is 86.6 Å². The van der Waals surface area contributed by atoms with Crippen molar-refractivity contribution in [3.05, 3.63) is 29.8 Å². The van der Waals surface area contributed by atoms with E-state index in [2.05, 4.69) is 4.90 Å². The summed E-state index contributed by atoms with van der Waals surface area (Å²) in [4.78, 5) is 11.2. The Morgan fingerprint density at radius 2 is 1.49 bits per heavy atom. The Morgan fingerprint density at radius 3 is 2.08 bits per heavy atom. The summed E-state index contributed by atoms with van der Waals surface area (Å²) in [6.07, 6.45) is 10.9. The number of hydrogen-bond acceptors (Lipinski definition) is 3. The Balaban J connectivity index is 1.39. The molecule has 1 aromatic carbocycles. The number of hydrogen-bond donors (Lipinski definition) is 0. The van der Waals surface area contributed by atoms with Crippen molar-refractivity contribution in [1.82, 2.24) is 4.90 Å². The van der Waals surface area contributed by atoms with Crippen molar-refractivity contribution in [1.29, 1.82) is 0 Å². The minimum Gasteiger partial charge on any atom is -0.293 e. The van der Waals surface area contributed by atoms with E-state index >= 15 is 0 Å². The van der Waals surface area contributed by atoms with E-state index in [1.165, 1.54) is 50.7 Å². The minimum atomic E-state index is -4.38. The summed E-state index contributed by atoms with van der Waals surface area (Å²) >= 11 is 6.33. The van der Waals surface area contributed by atoms with E-state index in [0.29, 0.717) is 5.69 Å². The normalized spacial score (nSPS) is 38.4. The molecule has 1 spiro atoms. The van der Waals surface area contributed by atoms with Gasteiger partial charge in [-0.2, -0.15) is 13.2 Å². The monoisotopic (exact) mass is 529 g/mol. The van der Waals surface area contributed by atoms with Crippen LogP contribution in [0.5, 0.6) is 0 Å². The third-order valence-corrected chi connectivity index (χ3v) is 11.3. The number of aliphatic imine (C=N–C) groups is 1. The summed E-state index contributed by atoms with van der Waals surface area (Å²) in [6, 6.07) is 5.93. The van der Waals surface area contributed by atoms with Crippen LogP contribution in [0.15, 0.2) is 29.3 Å². The Morgan fingerprint density at radius 1 is 0.865 bits per heavy atom. The summed E-state index contributed by atoms with van der Waals surface area (Å²) in [5.74, 6) is 3.27. The van der Waals surface area contributed by atoms with Gasteiger partial charge in [-0.25, -0.2) is 0 Å². The van der Waals surface area contributed by atoms with Crippen LogP contribution in [0.25, 0.3) is 0 Å². The molecular formula is C30H38F3N3S. The van der Waals surface area contributed by atoms with Crippen molar-refractivity contribution in [2.24, 2.45) is 28.2 Å². The van der Waals surface area contributed by atoms with Gasteiger partial charge in [0.15, 0.2) is 0 Å². The highest BCUT2D eigenvalue weighted by Gasteiger charge is 2.59. The lowest BCUT2D eigenvalue weighted by molar-refractivity contribution is -0.137. The molecule has 0 unspecified atom stereocenters. The van der Waals surface area contributed by atoms with Crippen LogP contribution in [0.1, 0.15) is 89.0 Å². The van der Waals surface area contributed by atoms with Crippen LogP contribution in [0.4, 0.5) is 18.9 Å². The fourth-order valence-electron chi connectivity index (χ4n) is 9.62. The summed E-state index contributed by atoms with van der Waals surface area (Å²) in [6.45, 7) is 2.07. The maximum Gasteiger partial charge on any atom is 0.416 e. The maximum absolute atomic E-state index is 13.8. The smallest absolute Gasteiger partial charge is 0.293 e. The molecule has 5 saturated carbocycles. The summed E-state index contributed by atoms with van der Waals surface area (Å²) in [5, 5.41) is 0.